The first-order chi connectivity index (χ1) is 16.1. The topological polar surface area (TPSA) is 111 Å². The Morgan fingerprint density at radius 2 is 2.21 bits per heavy atom. The Labute approximate surface area is 195 Å². The van der Waals surface area contributed by atoms with Gasteiger partial charge in [-0.15, -0.1) is 10.2 Å². The molecule has 0 saturated carbocycles. The molecule has 0 aliphatic carbocycles. The summed E-state index contributed by atoms with van der Waals surface area (Å²) in [5, 5.41) is 17.4. The molecule has 2 N–H and O–H groups in total. The van der Waals surface area contributed by atoms with Crippen molar-refractivity contribution < 1.29 is 14.1 Å². The Hall–Kier alpha value is -3.11. The lowest BCUT2D eigenvalue weighted by Crippen LogP contribution is -2.18. The highest BCUT2D eigenvalue weighted by Gasteiger charge is 2.23. The maximum atomic E-state index is 12.5. The summed E-state index contributed by atoms with van der Waals surface area (Å²) < 4.78 is 13.2. The zero-order valence-corrected chi connectivity index (χ0v) is 19.4. The van der Waals surface area contributed by atoms with Gasteiger partial charge in [0.05, 0.1) is 24.1 Å². The fourth-order valence-corrected chi connectivity index (χ4v) is 4.68. The van der Waals surface area contributed by atoms with Crippen molar-refractivity contribution in [2.45, 2.75) is 50.4 Å². The Bertz CT molecular complexity index is 1250. The summed E-state index contributed by atoms with van der Waals surface area (Å²) in [6.45, 7) is 5.46. The Morgan fingerprint density at radius 1 is 1.33 bits per heavy atom. The summed E-state index contributed by atoms with van der Waals surface area (Å²) in [5.41, 5.74) is 2.83. The average Bonchev–Trinajstić information content (AvgIpc) is 3.60. The summed E-state index contributed by atoms with van der Waals surface area (Å²) >= 11 is 1.34. The molecule has 33 heavy (non-hydrogen) atoms. The molecule has 1 aliphatic rings. The van der Waals surface area contributed by atoms with Crippen molar-refractivity contribution in [2.75, 3.05) is 17.7 Å². The van der Waals surface area contributed by atoms with E-state index in [9.17, 15) is 4.79 Å². The predicted molar refractivity (Wildman–Crippen MR) is 126 cm³/mol. The molecular formula is C23H26N6O3S. The number of nitrogens with one attached hydrogen (secondary N) is 2. The van der Waals surface area contributed by atoms with Gasteiger partial charge in [-0.1, -0.05) is 49.0 Å². The second-order valence-corrected chi connectivity index (χ2v) is 9.35. The molecular weight excluding hydrogens is 440 g/mol. The lowest BCUT2D eigenvalue weighted by Gasteiger charge is -2.14. The van der Waals surface area contributed by atoms with Crippen LogP contribution in [0.1, 0.15) is 38.3 Å². The molecule has 1 unspecified atom stereocenters. The van der Waals surface area contributed by atoms with Gasteiger partial charge in [0.25, 0.3) is 0 Å². The molecule has 0 spiro atoms. The van der Waals surface area contributed by atoms with Gasteiger partial charge in [-0.2, -0.15) is 0 Å². The highest BCUT2D eigenvalue weighted by atomic mass is 32.2. The first-order valence-electron chi connectivity index (χ1n) is 11.1. The number of hydrogen-bond acceptors (Lipinski definition) is 7. The second-order valence-electron chi connectivity index (χ2n) is 8.41. The van der Waals surface area contributed by atoms with Crippen LogP contribution >= 0.6 is 11.8 Å². The van der Waals surface area contributed by atoms with E-state index >= 15 is 0 Å². The fourth-order valence-electron chi connectivity index (χ4n) is 3.93. The van der Waals surface area contributed by atoms with Gasteiger partial charge in [0.1, 0.15) is 0 Å². The SMILES string of the molecule is CC(C)c1cc(NC(=O)CSc2nnc(-c3c[nH]c4ccccc34)n2CC2CCCO2)on1. The van der Waals surface area contributed by atoms with Gasteiger partial charge >= 0.3 is 0 Å². The van der Waals surface area contributed by atoms with E-state index in [1.165, 1.54) is 11.8 Å². The molecule has 1 atom stereocenters. The largest absolute Gasteiger partial charge is 0.376 e. The number of rotatable bonds is 8. The van der Waals surface area contributed by atoms with Crippen LogP contribution in [0.4, 0.5) is 5.88 Å². The number of carbonyl (C=O) groups is 1. The molecule has 5 rings (SSSR count). The van der Waals surface area contributed by atoms with E-state index in [-0.39, 0.29) is 23.7 Å². The number of aromatic amines is 1. The molecule has 3 aromatic heterocycles. The van der Waals surface area contributed by atoms with Crippen LogP contribution in [0, 0.1) is 0 Å². The van der Waals surface area contributed by atoms with E-state index in [4.69, 9.17) is 9.26 Å². The zero-order chi connectivity index (χ0) is 22.8. The minimum absolute atomic E-state index is 0.113. The molecule has 172 valence electrons. The maximum absolute atomic E-state index is 12.5. The van der Waals surface area contributed by atoms with Gasteiger partial charge in [0.15, 0.2) is 11.0 Å². The van der Waals surface area contributed by atoms with E-state index in [1.54, 1.807) is 6.07 Å². The number of aromatic nitrogens is 5. The van der Waals surface area contributed by atoms with Crippen LogP contribution in [-0.4, -0.2) is 49.3 Å². The monoisotopic (exact) mass is 466 g/mol. The number of benzene rings is 1. The Balaban J connectivity index is 1.35. The van der Waals surface area contributed by atoms with Crippen molar-refractivity contribution in [1.29, 1.82) is 0 Å². The van der Waals surface area contributed by atoms with Crippen molar-refractivity contribution >= 4 is 34.5 Å². The third kappa shape index (κ3) is 4.67. The van der Waals surface area contributed by atoms with E-state index in [0.717, 1.165) is 47.4 Å². The van der Waals surface area contributed by atoms with E-state index in [2.05, 4.69) is 36.3 Å². The van der Waals surface area contributed by atoms with Crippen LogP contribution in [0.5, 0.6) is 0 Å². The van der Waals surface area contributed by atoms with Gasteiger partial charge in [-0.25, -0.2) is 0 Å². The van der Waals surface area contributed by atoms with E-state index in [1.807, 2.05) is 38.2 Å². The first-order valence-corrected chi connectivity index (χ1v) is 12.1. The number of fused-ring (bicyclic) bond motifs is 1. The number of carbonyl (C=O) groups excluding carboxylic acids is 1. The minimum Gasteiger partial charge on any atom is -0.376 e. The minimum atomic E-state index is -0.188. The summed E-state index contributed by atoms with van der Waals surface area (Å²) in [7, 11) is 0. The lowest BCUT2D eigenvalue weighted by molar-refractivity contribution is -0.113. The lowest BCUT2D eigenvalue weighted by atomic mass is 10.1. The zero-order valence-electron chi connectivity index (χ0n) is 18.6. The fraction of sp³-hybridized carbons (Fsp3) is 0.391. The molecule has 4 aromatic rings. The highest BCUT2D eigenvalue weighted by Crippen LogP contribution is 2.31. The van der Waals surface area contributed by atoms with Crippen LogP contribution in [0.2, 0.25) is 0 Å². The molecule has 0 bridgehead atoms. The quantitative estimate of drug-likeness (QED) is 0.369. The normalized spacial score (nSPS) is 16.2. The predicted octanol–water partition coefficient (Wildman–Crippen LogP) is 4.45. The van der Waals surface area contributed by atoms with Crippen LogP contribution in [0.25, 0.3) is 22.3 Å². The Kier molecular flexibility index (Phi) is 6.19. The maximum Gasteiger partial charge on any atom is 0.237 e. The van der Waals surface area contributed by atoms with Crippen molar-refractivity contribution in [3.05, 3.63) is 42.2 Å². The number of H-pyrrole nitrogens is 1. The first kappa shape index (κ1) is 21.7. The van der Waals surface area contributed by atoms with Crippen LogP contribution < -0.4 is 5.32 Å². The number of hydrogen-bond donors (Lipinski definition) is 2. The smallest absolute Gasteiger partial charge is 0.237 e. The number of anilines is 1. The number of thioether (sulfide) groups is 1. The molecule has 1 amide bonds. The molecule has 0 radical (unpaired) electrons. The number of nitrogens with zero attached hydrogens (tertiary/aromatic N) is 4. The number of ether oxygens (including phenoxy) is 1. The summed E-state index contributed by atoms with van der Waals surface area (Å²) in [5.74, 6) is 1.34. The molecule has 10 heteroatoms. The van der Waals surface area contributed by atoms with Gasteiger partial charge in [0, 0.05) is 35.3 Å². The number of para-hydroxylation sites is 1. The summed E-state index contributed by atoms with van der Waals surface area (Å²) in [6.07, 6.45) is 4.12. The molecule has 1 fully saturated rings. The molecule has 1 aliphatic heterocycles. The van der Waals surface area contributed by atoms with Gasteiger partial charge in [0.2, 0.25) is 11.8 Å². The van der Waals surface area contributed by atoms with Crippen LogP contribution in [0.15, 0.2) is 46.2 Å². The third-order valence-electron chi connectivity index (χ3n) is 5.67. The molecule has 1 aromatic carbocycles. The number of amides is 1. The summed E-state index contributed by atoms with van der Waals surface area (Å²) in [4.78, 5) is 15.8. The second kappa shape index (κ2) is 9.40. The Morgan fingerprint density at radius 3 is 3.00 bits per heavy atom. The van der Waals surface area contributed by atoms with Crippen molar-refractivity contribution in [1.82, 2.24) is 24.9 Å². The average molecular weight is 467 g/mol. The molecule has 1 saturated heterocycles. The molecule has 9 nitrogen and oxygen atoms in total. The van der Waals surface area contributed by atoms with E-state index in [0.29, 0.717) is 17.6 Å². The van der Waals surface area contributed by atoms with Crippen molar-refractivity contribution in [3.8, 4) is 11.4 Å². The molecule has 4 heterocycles. The van der Waals surface area contributed by atoms with Crippen LogP contribution in [-0.2, 0) is 16.1 Å². The standard InChI is InChI=1S/C23H26N6O3S/c1-14(2)19-10-21(32-28-19)25-20(30)13-33-23-27-26-22(29(23)12-15-6-5-9-31-15)17-11-24-18-8-4-3-7-16(17)18/h3-4,7-8,10-11,14-15,24H,5-6,9,12-13H2,1-2H3,(H,25,30). The van der Waals surface area contributed by atoms with Crippen LogP contribution in [0.3, 0.4) is 0 Å². The van der Waals surface area contributed by atoms with Gasteiger partial charge < -0.3 is 14.2 Å². The van der Waals surface area contributed by atoms with Crippen molar-refractivity contribution in [3.63, 3.8) is 0 Å². The highest BCUT2D eigenvalue weighted by molar-refractivity contribution is 7.99. The van der Waals surface area contributed by atoms with Gasteiger partial charge in [-0.3, -0.25) is 14.7 Å². The van der Waals surface area contributed by atoms with Crippen molar-refractivity contribution in [2.24, 2.45) is 0 Å². The third-order valence-corrected chi connectivity index (χ3v) is 6.64. The summed E-state index contributed by atoms with van der Waals surface area (Å²) in [6, 6.07) is 9.86. The van der Waals surface area contributed by atoms with E-state index < -0.39 is 0 Å². The van der Waals surface area contributed by atoms with Gasteiger partial charge in [-0.05, 0) is 24.8 Å².